The lowest BCUT2D eigenvalue weighted by Gasteiger charge is -2.15. The summed E-state index contributed by atoms with van der Waals surface area (Å²) in [4.78, 5) is 11.7. The summed E-state index contributed by atoms with van der Waals surface area (Å²) in [6.07, 6.45) is 2.70. The smallest absolute Gasteiger partial charge is 0.138 e. The zero-order valence-corrected chi connectivity index (χ0v) is 12.7. The minimum atomic E-state index is 0.00866. The maximum atomic E-state index is 11.7. The van der Waals surface area contributed by atoms with Gasteiger partial charge in [0.25, 0.3) is 0 Å². The number of aryl methyl sites for hydroxylation is 1. The van der Waals surface area contributed by atoms with Gasteiger partial charge in [0, 0.05) is 6.54 Å². The molecular weight excluding hydrogens is 234 g/mol. The number of nitrogens with one attached hydrogen (secondary N) is 1. The van der Waals surface area contributed by atoms with Crippen LogP contribution in [0.4, 0.5) is 0 Å². The van der Waals surface area contributed by atoms with E-state index in [1.165, 1.54) is 18.4 Å². The van der Waals surface area contributed by atoms with E-state index in [9.17, 15) is 4.79 Å². The Morgan fingerprint density at radius 2 is 1.84 bits per heavy atom. The molecule has 2 rings (SSSR count). The highest BCUT2D eigenvalue weighted by molar-refractivity contribution is 5.83. The normalized spacial score (nSPS) is 15.4. The molecule has 0 aliphatic heterocycles. The van der Waals surface area contributed by atoms with E-state index < -0.39 is 0 Å². The van der Waals surface area contributed by atoms with Gasteiger partial charge in [-0.2, -0.15) is 0 Å². The molecule has 19 heavy (non-hydrogen) atoms. The van der Waals surface area contributed by atoms with E-state index in [4.69, 9.17) is 0 Å². The van der Waals surface area contributed by atoms with Gasteiger partial charge in [-0.15, -0.1) is 0 Å². The Morgan fingerprint density at radius 1 is 1.26 bits per heavy atom. The van der Waals surface area contributed by atoms with Crippen LogP contribution in [0, 0.1) is 12.8 Å². The fourth-order valence-corrected chi connectivity index (χ4v) is 2.05. The Balaban J connectivity index is 0.000000861. The second kappa shape index (κ2) is 8.11. The van der Waals surface area contributed by atoms with Crippen LogP contribution >= 0.6 is 0 Å². The molecule has 0 heterocycles. The largest absolute Gasteiger partial charge is 0.315 e. The molecule has 0 saturated heterocycles. The molecule has 2 heteroatoms. The van der Waals surface area contributed by atoms with Gasteiger partial charge in [0.1, 0.15) is 5.78 Å². The van der Waals surface area contributed by atoms with E-state index in [0.29, 0.717) is 0 Å². The first kappa shape index (κ1) is 15.9. The van der Waals surface area contributed by atoms with Crippen molar-refractivity contribution in [2.45, 2.75) is 46.5 Å². The highest BCUT2D eigenvalue weighted by atomic mass is 16.1. The molecule has 1 aromatic rings. The van der Waals surface area contributed by atoms with Crippen LogP contribution < -0.4 is 5.32 Å². The Morgan fingerprint density at radius 3 is 2.32 bits per heavy atom. The quantitative estimate of drug-likeness (QED) is 0.846. The van der Waals surface area contributed by atoms with Crippen LogP contribution in [-0.4, -0.2) is 18.9 Å². The molecular formula is C17H27NO. The van der Waals surface area contributed by atoms with Crippen LogP contribution in [0.15, 0.2) is 24.3 Å². The summed E-state index contributed by atoms with van der Waals surface area (Å²) in [5.74, 6) is 1.12. The predicted octanol–water partition coefficient (Wildman–Crippen LogP) is 3.69. The molecule has 1 atom stereocenters. The average Bonchev–Trinajstić information content (AvgIpc) is 3.22. The first-order valence-electron chi connectivity index (χ1n) is 7.44. The van der Waals surface area contributed by atoms with Gasteiger partial charge in [-0.25, -0.2) is 0 Å². The van der Waals surface area contributed by atoms with Crippen molar-refractivity contribution < 1.29 is 4.79 Å². The van der Waals surface area contributed by atoms with Gasteiger partial charge in [0.05, 0.1) is 5.92 Å². The van der Waals surface area contributed by atoms with Crippen LogP contribution in [0.25, 0.3) is 0 Å². The molecule has 0 spiro atoms. The summed E-state index contributed by atoms with van der Waals surface area (Å²) in [5, 5.41) is 3.42. The van der Waals surface area contributed by atoms with E-state index in [1.807, 2.05) is 13.8 Å². The van der Waals surface area contributed by atoms with Gasteiger partial charge in [-0.1, -0.05) is 43.7 Å². The van der Waals surface area contributed by atoms with E-state index >= 15 is 0 Å². The lowest BCUT2D eigenvalue weighted by Crippen LogP contribution is -2.27. The van der Waals surface area contributed by atoms with Gasteiger partial charge in [0.2, 0.25) is 0 Å². The van der Waals surface area contributed by atoms with Crippen LogP contribution in [-0.2, 0) is 4.79 Å². The lowest BCUT2D eigenvalue weighted by molar-refractivity contribution is -0.118. The SMILES string of the molecule is CC.CC(=O)C(CNCC1CC1)c1ccc(C)cc1. The van der Waals surface area contributed by atoms with Crippen molar-refractivity contribution in [3.63, 3.8) is 0 Å². The van der Waals surface area contributed by atoms with Crippen LogP contribution in [0.5, 0.6) is 0 Å². The molecule has 1 aromatic carbocycles. The van der Waals surface area contributed by atoms with Crippen molar-refractivity contribution in [3.05, 3.63) is 35.4 Å². The lowest BCUT2D eigenvalue weighted by atomic mass is 9.94. The molecule has 1 N–H and O–H groups in total. The van der Waals surface area contributed by atoms with E-state index in [0.717, 1.165) is 24.6 Å². The topological polar surface area (TPSA) is 29.1 Å². The second-order valence-corrected chi connectivity index (χ2v) is 5.18. The first-order chi connectivity index (χ1) is 9.16. The minimum Gasteiger partial charge on any atom is -0.315 e. The number of carbonyl (C=O) groups is 1. The zero-order chi connectivity index (χ0) is 14.3. The van der Waals surface area contributed by atoms with Crippen molar-refractivity contribution in [3.8, 4) is 0 Å². The molecule has 1 unspecified atom stereocenters. The predicted molar refractivity (Wildman–Crippen MR) is 81.5 cm³/mol. The van der Waals surface area contributed by atoms with Gasteiger partial charge in [0.15, 0.2) is 0 Å². The molecule has 1 saturated carbocycles. The summed E-state index contributed by atoms with van der Waals surface area (Å²) < 4.78 is 0. The molecule has 0 aromatic heterocycles. The Hall–Kier alpha value is -1.15. The van der Waals surface area contributed by atoms with Gasteiger partial charge >= 0.3 is 0 Å². The number of benzene rings is 1. The summed E-state index contributed by atoms with van der Waals surface area (Å²) in [5.41, 5.74) is 2.37. The van der Waals surface area contributed by atoms with Gasteiger partial charge in [-0.05, 0) is 44.7 Å². The summed E-state index contributed by atoms with van der Waals surface area (Å²) in [7, 11) is 0. The first-order valence-corrected chi connectivity index (χ1v) is 7.44. The Labute approximate surface area is 117 Å². The van der Waals surface area contributed by atoms with Crippen molar-refractivity contribution in [2.75, 3.05) is 13.1 Å². The van der Waals surface area contributed by atoms with Crippen LogP contribution in [0.1, 0.15) is 50.7 Å². The molecule has 2 nitrogen and oxygen atoms in total. The van der Waals surface area contributed by atoms with Gasteiger partial charge < -0.3 is 5.32 Å². The summed E-state index contributed by atoms with van der Waals surface area (Å²) in [6.45, 7) is 9.59. The monoisotopic (exact) mass is 261 g/mol. The Bertz CT molecular complexity index is 379. The summed E-state index contributed by atoms with van der Waals surface area (Å²) >= 11 is 0. The number of hydrogen-bond acceptors (Lipinski definition) is 2. The standard InChI is InChI=1S/C15H21NO.C2H6/c1-11-3-7-14(8-4-11)15(12(2)17)10-16-9-13-5-6-13;1-2/h3-4,7-8,13,15-16H,5-6,9-10H2,1-2H3;1-2H3. The average molecular weight is 261 g/mol. The fourth-order valence-electron chi connectivity index (χ4n) is 2.05. The van der Waals surface area contributed by atoms with Crippen LogP contribution in [0.2, 0.25) is 0 Å². The number of carbonyl (C=O) groups excluding carboxylic acids is 1. The fraction of sp³-hybridized carbons (Fsp3) is 0.588. The molecule has 106 valence electrons. The third-order valence-corrected chi connectivity index (χ3v) is 3.45. The van der Waals surface area contributed by atoms with Crippen molar-refractivity contribution in [2.24, 2.45) is 5.92 Å². The van der Waals surface area contributed by atoms with Crippen molar-refractivity contribution >= 4 is 5.78 Å². The summed E-state index contributed by atoms with van der Waals surface area (Å²) in [6, 6.07) is 8.29. The number of Topliss-reactive ketones (excluding diaryl/α,β-unsaturated/α-hetero) is 1. The maximum absolute atomic E-state index is 11.7. The number of ketones is 1. The highest BCUT2D eigenvalue weighted by Gasteiger charge is 2.22. The third-order valence-electron chi connectivity index (χ3n) is 3.45. The zero-order valence-electron chi connectivity index (χ0n) is 12.7. The maximum Gasteiger partial charge on any atom is 0.138 e. The van der Waals surface area contributed by atoms with E-state index in [2.05, 4.69) is 36.5 Å². The minimum absolute atomic E-state index is 0.00866. The molecule has 1 aliphatic rings. The van der Waals surface area contributed by atoms with Gasteiger partial charge in [-0.3, -0.25) is 4.79 Å². The second-order valence-electron chi connectivity index (χ2n) is 5.18. The highest BCUT2D eigenvalue weighted by Crippen LogP contribution is 2.27. The molecule has 0 amide bonds. The molecule has 0 radical (unpaired) electrons. The number of hydrogen-bond donors (Lipinski definition) is 1. The van der Waals surface area contributed by atoms with Crippen molar-refractivity contribution in [1.29, 1.82) is 0 Å². The van der Waals surface area contributed by atoms with Crippen LogP contribution in [0.3, 0.4) is 0 Å². The number of rotatable bonds is 6. The third kappa shape index (κ3) is 5.56. The van der Waals surface area contributed by atoms with E-state index in [1.54, 1.807) is 6.92 Å². The van der Waals surface area contributed by atoms with Crippen molar-refractivity contribution in [1.82, 2.24) is 5.32 Å². The molecule has 1 fully saturated rings. The molecule has 0 bridgehead atoms. The van der Waals surface area contributed by atoms with E-state index in [-0.39, 0.29) is 11.7 Å². The molecule has 1 aliphatic carbocycles. The Kier molecular flexibility index (Phi) is 6.79.